The Balaban J connectivity index is 1.70. The molecule has 0 aromatic heterocycles. The highest BCUT2D eigenvalue weighted by Crippen LogP contribution is 2.42. The molecule has 2 aliphatic rings. The topological polar surface area (TPSA) is 97.8 Å². The van der Waals surface area contributed by atoms with Gasteiger partial charge in [-0.2, -0.15) is 0 Å². The van der Waals surface area contributed by atoms with E-state index in [0.717, 1.165) is 35.3 Å². The molecule has 0 spiro atoms. The monoisotopic (exact) mass is 550 g/mol. The van der Waals surface area contributed by atoms with Crippen LogP contribution in [0.25, 0.3) is 0 Å². The highest BCUT2D eigenvalue weighted by atomic mass is 16.6. The zero-order chi connectivity index (χ0) is 28.6. The van der Waals surface area contributed by atoms with Crippen LogP contribution in [-0.2, 0) is 16.1 Å². The Morgan fingerprint density at radius 2 is 1.98 bits per heavy atom. The molecule has 2 heterocycles. The first kappa shape index (κ1) is 29.2. The molecule has 1 unspecified atom stereocenters. The van der Waals surface area contributed by atoms with Crippen LogP contribution in [-0.4, -0.2) is 60.7 Å². The number of hydrogen-bond donors (Lipinski definition) is 1. The lowest BCUT2D eigenvalue weighted by Crippen LogP contribution is -2.50. The van der Waals surface area contributed by atoms with Crippen molar-refractivity contribution < 1.29 is 33.6 Å². The van der Waals surface area contributed by atoms with Gasteiger partial charge in [0.15, 0.2) is 17.7 Å². The molecule has 0 saturated carbocycles. The van der Waals surface area contributed by atoms with Gasteiger partial charge in [0.05, 0.1) is 30.5 Å². The number of ether oxygens (including phenoxy) is 4. The SMILES string of the molecule is C=CCOC(=O)N1c2cc(OCc3ccccc3)c(OC)cc2C(=O)N2C=C(C(C)OCCCCC)C[C@H]2[C@@H]1O. The number of aliphatic hydroxyl groups is 1. The van der Waals surface area contributed by atoms with E-state index in [4.69, 9.17) is 18.9 Å². The number of methoxy groups -OCH3 is 1. The Morgan fingerprint density at radius 3 is 2.67 bits per heavy atom. The molecule has 0 radical (unpaired) electrons. The summed E-state index contributed by atoms with van der Waals surface area (Å²) in [4.78, 5) is 29.8. The number of benzene rings is 2. The Kier molecular flexibility index (Phi) is 9.84. The largest absolute Gasteiger partial charge is 0.493 e. The average molecular weight is 551 g/mol. The van der Waals surface area contributed by atoms with Crippen molar-refractivity contribution in [2.45, 2.75) is 64.5 Å². The molecule has 2 aromatic carbocycles. The van der Waals surface area contributed by atoms with E-state index in [-0.39, 0.29) is 36.5 Å². The predicted octanol–water partition coefficient (Wildman–Crippen LogP) is 5.43. The summed E-state index contributed by atoms with van der Waals surface area (Å²) in [5.74, 6) is 0.268. The molecule has 3 atom stereocenters. The molecule has 0 fully saturated rings. The molecule has 214 valence electrons. The number of aliphatic hydroxyl groups excluding tert-OH is 1. The lowest BCUT2D eigenvalue weighted by Gasteiger charge is -2.31. The molecule has 9 nitrogen and oxygen atoms in total. The lowest BCUT2D eigenvalue weighted by molar-refractivity contribution is 0.0542. The van der Waals surface area contributed by atoms with E-state index in [9.17, 15) is 14.7 Å². The maximum Gasteiger partial charge on any atom is 0.416 e. The van der Waals surface area contributed by atoms with Gasteiger partial charge in [-0.15, -0.1) is 0 Å². The number of carbonyl (C=O) groups is 2. The average Bonchev–Trinajstić information content (AvgIpc) is 3.40. The van der Waals surface area contributed by atoms with Crippen LogP contribution in [0.4, 0.5) is 10.5 Å². The maximum atomic E-state index is 13.9. The van der Waals surface area contributed by atoms with Crippen LogP contribution in [0.3, 0.4) is 0 Å². The standard InChI is InChI=1S/C31H38N2O7/c1-5-7-11-15-38-21(3)23-16-26-30(35)33(31(36)39-14-6-2)25-18-28(40-20-22-12-9-8-10-13-22)27(37-4)17-24(25)29(34)32(26)19-23/h6,8-10,12-13,17-19,21,26,30,35H,2,5,7,11,14-16,20H2,1,3-4H3/t21?,26-,30-/m0/s1. The molecule has 1 N–H and O–H groups in total. The normalized spacial score (nSPS) is 18.8. The van der Waals surface area contributed by atoms with Crippen LogP contribution in [0.15, 0.2) is 66.9 Å². The van der Waals surface area contributed by atoms with Crippen molar-refractivity contribution in [2.75, 3.05) is 25.2 Å². The van der Waals surface area contributed by atoms with Crippen molar-refractivity contribution in [2.24, 2.45) is 0 Å². The molecular weight excluding hydrogens is 512 g/mol. The van der Waals surface area contributed by atoms with Gasteiger partial charge in [0.1, 0.15) is 13.2 Å². The van der Waals surface area contributed by atoms with Crippen LogP contribution < -0.4 is 14.4 Å². The van der Waals surface area contributed by atoms with E-state index in [2.05, 4.69) is 13.5 Å². The second-order valence-corrected chi connectivity index (χ2v) is 9.85. The smallest absolute Gasteiger partial charge is 0.416 e. The molecule has 40 heavy (non-hydrogen) atoms. The number of fused-ring (bicyclic) bond motifs is 2. The summed E-state index contributed by atoms with van der Waals surface area (Å²) >= 11 is 0. The van der Waals surface area contributed by atoms with Gasteiger partial charge in [-0.25, -0.2) is 9.69 Å². The molecule has 2 aromatic rings. The van der Waals surface area contributed by atoms with Crippen molar-refractivity contribution in [3.63, 3.8) is 0 Å². The summed E-state index contributed by atoms with van der Waals surface area (Å²) in [6.07, 6.45) is 4.20. The third-order valence-electron chi connectivity index (χ3n) is 7.12. The highest BCUT2D eigenvalue weighted by Gasteiger charge is 2.46. The van der Waals surface area contributed by atoms with Crippen molar-refractivity contribution in [3.05, 3.63) is 78.0 Å². The van der Waals surface area contributed by atoms with Gasteiger partial charge >= 0.3 is 6.09 Å². The number of carbonyl (C=O) groups excluding carboxylic acids is 2. The summed E-state index contributed by atoms with van der Waals surface area (Å²) in [5.41, 5.74) is 2.15. The Hall–Kier alpha value is -3.82. The first-order chi connectivity index (χ1) is 19.4. The van der Waals surface area contributed by atoms with E-state index < -0.39 is 18.4 Å². The second kappa shape index (κ2) is 13.5. The van der Waals surface area contributed by atoms with Crippen LogP contribution in [0, 0.1) is 0 Å². The van der Waals surface area contributed by atoms with Crippen LogP contribution >= 0.6 is 0 Å². The molecule has 4 rings (SSSR count). The Morgan fingerprint density at radius 1 is 1.20 bits per heavy atom. The molecule has 0 saturated heterocycles. The zero-order valence-electron chi connectivity index (χ0n) is 23.4. The Bertz CT molecular complexity index is 1230. The molecule has 0 aliphatic carbocycles. The molecular formula is C31H38N2O7. The zero-order valence-corrected chi connectivity index (χ0v) is 23.4. The van der Waals surface area contributed by atoms with Gasteiger partial charge in [0.2, 0.25) is 0 Å². The number of hydrogen-bond acceptors (Lipinski definition) is 7. The van der Waals surface area contributed by atoms with Gasteiger partial charge in [0, 0.05) is 18.9 Å². The van der Waals surface area contributed by atoms with Gasteiger partial charge < -0.3 is 29.0 Å². The van der Waals surface area contributed by atoms with Crippen LogP contribution in [0.2, 0.25) is 0 Å². The van der Waals surface area contributed by atoms with E-state index in [0.29, 0.717) is 24.5 Å². The number of anilines is 1. The minimum Gasteiger partial charge on any atom is -0.493 e. The first-order valence-corrected chi connectivity index (χ1v) is 13.7. The van der Waals surface area contributed by atoms with Gasteiger partial charge in [-0.3, -0.25) is 4.79 Å². The van der Waals surface area contributed by atoms with Crippen LogP contribution in [0.5, 0.6) is 11.5 Å². The second-order valence-electron chi connectivity index (χ2n) is 9.85. The summed E-state index contributed by atoms with van der Waals surface area (Å²) in [7, 11) is 1.48. The fraction of sp³-hybridized carbons (Fsp3) is 0.419. The fourth-order valence-electron chi connectivity index (χ4n) is 4.90. The molecule has 0 bridgehead atoms. The number of nitrogens with zero attached hydrogens (tertiary/aromatic N) is 2. The van der Waals surface area contributed by atoms with E-state index in [1.54, 1.807) is 12.3 Å². The first-order valence-electron chi connectivity index (χ1n) is 13.7. The minimum absolute atomic E-state index is 0.0562. The van der Waals surface area contributed by atoms with Gasteiger partial charge in [0.25, 0.3) is 5.91 Å². The third kappa shape index (κ3) is 6.32. The molecule has 2 amide bonds. The summed E-state index contributed by atoms with van der Waals surface area (Å²) in [6, 6.07) is 11.9. The van der Waals surface area contributed by atoms with Crippen molar-refractivity contribution in [3.8, 4) is 11.5 Å². The number of amides is 2. The summed E-state index contributed by atoms with van der Waals surface area (Å²) < 4.78 is 23.0. The molecule has 9 heteroatoms. The van der Waals surface area contributed by atoms with E-state index in [1.165, 1.54) is 24.2 Å². The maximum absolute atomic E-state index is 13.9. The highest BCUT2D eigenvalue weighted by molar-refractivity contribution is 6.06. The van der Waals surface area contributed by atoms with Crippen molar-refractivity contribution in [1.29, 1.82) is 0 Å². The quantitative estimate of drug-likeness (QED) is 0.278. The van der Waals surface area contributed by atoms with E-state index >= 15 is 0 Å². The fourth-order valence-corrected chi connectivity index (χ4v) is 4.90. The third-order valence-corrected chi connectivity index (χ3v) is 7.12. The molecule has 2 aliphatic heterocycles. The number of unbranched alkanes of at least 4 members (excludes halogenated alkanes) is 2. The minimum atomic E-state index is -1.39. The van der Waals surface area contributed by atoms with Crippen molar-refractivity contribution in [1.82, 2.24) is 4.90 Å². The lowest BCUT2D eigenvalue weighted by atomic mass is 10.0. The van der Waals surface area contributed by atoms with Crippen molar-refractivity contribution >= 4 is 17.7 Å². The predicted molar refractivity (Wildman–Crippen MR) is 151 cm³/mol. The summed E-state index contributed by atoms with van der Waals surface area (Å²) in [6.45, 7) is 8.46. The van der Waals surface area contributed by atoms with Gasteiger partial charge in [-0.05, 0) is 37.0 Å². The van der Waals surface area contributed by atoms with Crippen LogP contribution in [0.1, 0.15) is 55.5 Å². The van der Waals surface area contributed by atoms with Gasteiger partial charge in [-0.1, -0.05) is 62.8 Å². The van der Waals surface area contributed by atoms with E-state index in [1.807, 2.05) is 37.3 Å². The number of rotatable bonds is 12. The summed E-state index contributed by atoms with van der Waals surface area (Å²) in [5, 5.41) is 11.6. The Labute approximate surface area is 235 Å².